The molecule has 1 N–H and O–H groups in total. The second-order valence-corrected chi connectivity index (χ2v) is 5.82. The van der Waals surface area contributed by atoms with Gasteiger partial charge in [-0.1, -0.05) is 31.5 Å². The zero-order chi connectivity index (χ0) is 16.7. The Balaban J connectivity index is 2.04. The lowest BCUT2D eigenvalue weighted by molar-refractivity contribution is -0.116. The van der Waals surface area contributed by atoms with Gasteiger partial charge in [-0.2, -0.15) is 9.49 Å². The van der Waals surface area contributed by atoms with E-state index in [1.165, 1.54) is 24.0 Å². The molecule has 1 aliphatic heterocycles. The first-order valence-electron chi connectivity index (χ1n) is 7.25. The number of amidine groups is 1. The zero-order valence-electron chi connectivity index (χ0n) is 12.6. The summed E-state index contributed by atoms with van der Waals surface area (Å²) < 4.78 is 32.5. The highest BCUT2D eigenvalue weighted by Gasteiger charge is 2.16. The molecule has 1 fully saturated rings. The van der Waals surface area contributed by atoms with Gasteiger partial charge in [-0.3, -0.25) is 4.79 Å². The van der Waals surface area contributed by atoms with Crippen molar-refractivity contribution < 1.29 is 18.3 Å². The third-order valence-corrected chi connectivity index (χ3v) is 3.83. The molecule has 1 aromatic rings. The van der Waals surface area contributed by atoms with E-state index in [1.807, 2.05) is 6.92 Å². The maximum atomic E-state index is 13.7. The summed E-state index contributed by atoms with van der Waals surface area (Å²) in [7, 11) is 0. The maximum Gasteiger partial charge on any atom is 0.236 e. The number of thioether (sulfide) groups is 1. The van der Waals surface area contributed by atoms with Gasteiger partial charge in [0.1, 0.15) is 0 Å². The van der Waals surface area contributed by atoms with E-state index in [2.05, 4.69) is 15.5 Å². The van der Waals surface area contributed by atoms with Gasteiger partial charge in [-0.05, 0) is 18.6 Å². The molecule has 1 saturated heterocycles. The van der Waals surface area contributed by atoms with Crippen LogP contribution in [0, 0.1) is 11.6 Å². The molecule has 8 heteroatoms. The van der Waals surface area contributed by atoms with Gasteiger partial charge in [0.05, 0.1) is 18.6 Å². The summed E-state index contributed by atoms with van der Waals surface area (Å²) in [6, 6.07) is 2.38. The molecule has 2 rings (SSSR count). The molecule has 0 bridgehead atoms. The van der Waals surface area contributed by atoms with E-state index in [0.29, 0.717) is 23.1 Å². The maximum absolute atomic E-state index is 13.7. The number of unbranched alkanes of at least 4 members (excludes halogenated alkanes) is 2. The number of carbonyl (C=O) groups is 1. The molecule has 0 radical (unpaired) electrons. The molecule has 0 unspecified atom stereocenters. The first kappa shape index (κ1) is 17.4. The third kappa shape index (κ3) is 5.31. The number of nitrogens with one attached hydrogen (secondary N) is 1. The molecule has 0 saturated carbocycles. The number of hydrogen-bond acceptors (Lipinski definition) is 5. The highest BCUT2D eigenvalue weighted by Crippen LogP contribution is 2.22. The second kappa shape index (κ2) is 8.61. The van der Waals surface area contributed by atoms with E-state index in [1.54, 1.807) is 0 Å². The van der Waals surface area contributed by atoms with Gasteiger partial charge in [0.25, 0.3) is 0 Å². The summed E-state index contributed by atoms with van der Waals surface area (Å²) in [6.07, 6.45) is 4.04. The third-order valence-electron chi connectivity index (χ3n) is 2.96. The zero-order valence-corrected chi connectivity index (χ0v) is 13.5. The summed E-state index contributed by atoms with van der Waals surface area (Å²) in [5.41, 5.74) is 0.327. The Hall–Kier alpha value is -1.96. The number of halogens is 2. The molecule has 1 amide bonds. The normalized spacial score (nSPS) is 16.3. The number of nitrogens with zero attached hydrogens (tertiary/aromatic N) is 2. The Kier molecular flexibility index (Phi) is 6.52. The van der Waals surface area contributed by atoms with Crippen LogP contribution in [0.5, 0.6) is 5.75 Å². The van der Waals surface area contributed by atoms with Crippen LogP contribution < -0.4 is 10.1 Å². The fourth-order valence-corrected chi connectivity index (χ4v) is 2.46. The van der Waals surface area contributed by atoms with Crippen molar-refractivity contribution in [1.29, 1.82) is 0 Å². The minimum Gasteiger partial charge on any atom is -0.490 e. The fourth-order valence-electron chi connectivity index (χ4n) is 1.82. The summed E-state index contributed by atoms with van der Waals surface area (Å²) in [4.78, 5) is 11.0. The van der Waals surface area contributed by atoms with E-state index >= 15 is 0 Å². The minimum absolute atomic E-state index is 0.139. The first-order chi connectivity index (χ1) is 11.1. The average molecular weight is 341 g/mol. The van der Waals surface area contributed by atoms with Crippen LogP contribution in [0.4, 0.5) is 8.78 Å². The van der Waals surface area contributed by atoms with E-state index in [0.717, 1.165) is 25.3 Å². The van der Waals surface area contributed by atoms with Gasteiger partial charge in [0.2, 0.25) is 11.7 Å². The van der Waals surface area contributed by atoms with Gasteiger partial charge < -0.3 is 10.1 Å². The lowest BCUT2D eigenvalue weighted by Crippen LogP contribution is -2.19. The van der Waals surface area contributed by atoms with Crippen molar-refractivity contribution in [3.63, 3.8) is 0 Å². The Morgan fingerprint density at radius 3 is 2.91 bits per heavy atom. The first-order valence-corrected chi connectivity index (χ1v) is 8.24. The summed E-state index contributed by atoms with van der Waals surface area (Å²) >= 11 is 1.23. The van der Waals surface area contributed by atoms with Crippen LogP contribution in [0.1, 0.15) is 31.7 Å². The van der Waals surface area contributed by atoms with E-state index in [-0.39, 0.29) is 11.7 Å². The standard InChI is InChI=1S/C15H17F2N3O2S/c1-2-3-4-5-22-12-7-10(6-11(16)14(12)17)8-18-20-15-19-13(21)9-23-15/h6-8H,2-5,9H2,1H3,(H,19,20,21). The molecule has 0 aliphatic carbocycles. The molecule has 1 aliphatic rings. The number of rotatable bonds is 7. The number of benzene rings is 1. The molecule has 5 nitrogen and oxygen atoms in total. The van der Waals surface area contributed by atoms with Crippen LogP contribution >= 0.6 is 11.8 Å². The van der Waals surface area contributed by atoms with Crippen molar-refractivity contribution in [3.05, 3.63) is 29.3 Å². The van der Waals surface area contributed by atoms with Gasteiger partial charge in [-0.25, -0.2) is 4.39 Å². The van der Waals surface area contributed by atoms with Gasteiger partial charge in [-0.15, -0.1) is 5.10 Å². The Morgan fingerprint density at radius 2 is 2.22 bits per heavy atom. The van der Waals surface area contributed by atoms with Crippen LogP contribution in [-0.4, -0.2) is 29.6 Å². The fraction of sp³-hybridized carbons (Fsp3) is 0.400. The summed E-state index contributed by atoms with van der Waals surface area (Å²) in [5.74, 6) is -1.99. The molecular formula is C15H17F2N3O2S. The quantitative estimate of drug-likeness (QED) is 0.471. The molecule has 0 spiro atoms. The molecule has 1 heterocycles. The van der Waals surface area contributed by atoms with Crippen LogP contribution in [0.15, 0.2) is 22.3 Å². The van der Waals surface area contributed by atoms with Crippen LogP contribution in [-0.2, 0) is 4.79 Å². The van der Waals surface area contributed by atoms with E-state index in [9.17, 15) is 13.6 Å². The monoisotopic (exact) mass is 341 g/mol. The molecule has 0 aromatic heterocycles. The molecule has 124 valence electrons. The van der Waals surface area contributed by atoms with Crippen LogP contribution in [0.2, 0.25) is 0 Å². The summed E-state index contributed by atoms with van der Waals surface area (Å²) in [5, 5.41) is 10.5. The Bertz CT molecular complexity index is 635. The SMILES string of the molecule is CCCCCOc1cc(C=NN=C2NC(=O)CS2)cc(F)c1F. The lowest BCUT2D eigenvalue weighted by atomic mass is 10.2. The van der Waals surface area contributed by atoms with Crippen molar-refractivity contribution in [2.45, 2.75) is 26.2 Å². The van der Waals surface area contributed by atoms with Gasteiger partial charge in [0, 0.05) is 5.56 Å². The molecular weight excluding hydrogens is 324 g/mol. The minimum atomic E-state index is -1.01. The van der Waals surface area contributed by atoms with E-state index < -0.39 is 11.6 Å². The summed E-state index contributed by atoms with van der Waals surface area (Å²) in [6.45, 7) is 2.37. The van der Waals surface area contributed by atoms with Crippen LogP contribution in [0.25, 0.3) is 0 Å². The highest BCUT2D eigenvalue weighted by atomic mass is 32.2. The van der Waals surface area contributed by atoms with Crippen molar-refractivity contribution in [1.82, 2.24) is 5.32 Å². The Labute approximate surface area is 137 Å². The van der Waals surface area contributed by atoms with Crippen LogP contribution in [0.3, 0.4) is 0 Å². The molecule has 1 aromatic carbocycles. The van der Waals surface area contributed by atoms with Crippen molar-refractivity contribution in [2.75, 3.05) is 12.4 Å². The average Bonchev–Trinajstić information content (AvgIpc) is 2.93. The van der Waals surface area contributed by atoms with Gasteiger partial charge in [0.15, 0.2) is 16.7 Å². The smallest absolute Gasteiger partial charge is 0.236 e. The second-order valence-electron chi connectivity index (χ2n) is 4.86. The molecule has 0 atom stereocenters. The topological polar surface area (TPSA) is 63.1 Å². The number of hydrogen-bond donors (Lipinski definition) is 1. The van der Waals surface area contributed by atoms with Crippen molar-refractivity contribution in [3.8, 4) is 5.75 Å². The predicted octanol–water partition coefficient (Wildman–Crippen LogP) is 3.09. The van der Waals surface area contributed by atoms with Crippen molar-refractivity contribution in [2.24, 2.45) is 10.2 Å². The number of carbonyl (C=O) groups excluding carboxylic acids is 1. The van der Waals surface area contributed by atoms with E-state index in [4.69, 9.17) is 4.74 Å². The lowest BCUT2D eigenvalue weighted by Gasteiger charge is -2.08. The highest BCUT2D eigenvalue weighted by molar-refractivity contribution is 8.15. The molecule has 23 heavy (non-hydrogen) atoms. The number of ether oxygens (including phenoxy) is 1. The number of amides is 1. The largest absolute Gasteiger partial charge is 0.490 e. The Morgan fingerprint density at radius 1 is 1.39 bits per heavy atom. The van der Waals surface area contributed by atoms with Gasteiger partial charge >= 0.3 is 0 Å². The van der Waals surface area contributed by atoms with Crippen molar-refractivity contribution >= 4 is 29.1 Å². The predicted molar refractivity (Wildman–Crippen MR) is 87.0 cm³/mol.